The lowest BCUT2D eigenvalue weighted by molar-refractivity contribution is 0.153. The fraction of sp³-hybridized carbons (Fsp3) is 0.538. The molecule has 1 aromatic heterocycles. The van der Waals surface area contributed by atoms with E-state index in [-0.39, 0.29) is 0 Å². The van der Waals surface area contributed by atoms with E-state index in [1.165, 1.54) is 5.57 Å². The van der Waals surface area contributed by atoms with Crippen LogP contribution in [0, 0.1) is 6.92 Å². The average Bonchev–Trinajstić information content (AvgIpc) is 2.72. The number of hydrogen-bond donors (Lipinski definition) is 1. The summed E-state index contributed by atoms with van der Waals surface area (Å²) in [5.74, 6) is 1.99. The van der Waals surface area contributed by atoms with Crippen LogP contribution >= 0.6 is 0 Å². The Morgan fingerprint density at radius 2 is 2.31 bits per heavy atom. The van der Waals surface area contributed by atoms with Crippen LogP contribution in [0.25, 0.3) is 0 Å². The molecule has 88 valence electrons. The van der Waals surface area contributed by atoms with Crippen molar-refractivity contribution >= 4 is 0 Å². The quantitative estimate of drug-likeness (QED) is 0.612. The molecule has 0 radical (unpaired) electrons. The van der Waals surface area contributed by atoms with Gasteiger partial charge in [0.2, 0.25) is 0 Å². The summed E-state index contributed by atoms with van der Waals surface area (Å²) in [6.07, 6.45) is 4.40. The normalized spacial score (nSPS) is 16.2. The Morgan fingerprint density at radius 3 is 3.00 bits per heavy atom. The summed E-state index contributed by atoms with van der Waals surface area (Å²) in [4.78, 5) is 0. The Kier molecular flexibility index (Phi) is 4.19. The largest absolute Gasteiger partial charge is 0.465 e. The highest BCUT2D eigenvalue weighted by atomic mass is 16.5. The maximum Gasteiger partial charge on any atom is 0.117 e. The van der Waals surface area contributed by atoms with Crippen molar-refractivity contribution in [1.29, 1.82) is 0 Å². The van der Waals surface area contributed by atoms with E-state index < -0.39 is 0 Å². The topological polar surface area (TPSA) is 34.4 Å². The Morgan fingerprint density at radius 1 is 1.38 bits per heavy atom. The van der Waals surface area contributed by atoms with Crippen molar-refractivity contribution in [2.24, 2.45) is 0 Å². The highest BCUT2D eigenvalue weighted by Crippen LogP contribution is 2.11. The molecule has 0 saturated heterocycles. The summed E-state index contributed by atoms with van der Waals surface area (Å²) in [5.41, 5.74) is 1.51. The number of aryl methyl sites for hydroxylation is 1. The van der Waals surface area contributed by atoms with E-state index in [0.29, 0.717) is 0 Å². The molecule has 0 spiro atoms. The fourth-order valence-electron chi connectivity index (χ4n) is 1.83. The zero-order valence-electron chi connectivity index (χ0n) is 9.79. The Bertz CT molecular complexity index is 355. The van der Waals surface area contributed by atoms with Gasteiger partial charge in [-0.15, -0.1) is 0 Å². The third kappa shape index (κ3) is 3.51. The molecule has 16 heavy (non-hydrogen) atoms. The van der Waals surface area contributed by atoms with Gasteiger partial charge in [-0.1, -0.05) is 11.6 Å². The second-order valence-corrected chi connectivity index (χ2v) is 4.13. The minimum absolute atomic E-state index is 0.784. The molecule has 3 heteroatoms. The Balaban J connectivity index is 1.63. The lowest BCUT2D eigenvalue weighted by atomic mass is 10.1. The molecule has 0 atom stereocenters. The van der Waals surface area contributed by atoms with Gasteiger partial charge in [0, 0.05) is 0 Å². The van der Waals surface area contributed by atoms with Gasteiger partial charge in [0.15, 0.2) is 0 Å². The maximum atomic E-state index is 5.48. The number of furan rings is 1. The summed E-state index contributed by atoms with van der Waals surface area (Å²) < 4.78 is 10.7. The average molecular weight is 221 g/mol. The van der Waals surface area contributed by atoms with E-state index in [9.17, 15) is 0 Å². The zero-order valence-corrected chi connectivity index (χ0v) is 9.79. The van der Waals surface area contributed by atoms with Crippen molar-refractivity contribution in [1.82, 2.24) is 5.32 Å². The molecule has 2 rings (SSSR count). The summed E-state index contributed by atoms with van der Waals surface area (Å²) >= 11 is 0. The lowest BCUT2D eigenvalue weighted by Gasteiger charge is -2.13. The smallest absolute Gasteiger partial charge is 0.117 e. The molecule has 0 saturated carbocycles. The van der Waals surface area contributed by atoms with Crippen LogP contribution in [0.15, 0.2) is 28.2 Å². The highest BCUT2D eigenvalue weighted by Gasteiger charge is 2.03. The molecule has 0 bridgehead atoms. The minimum atomic E-state index is 0.784. The van der Waals surface area contributed by atoms with Gasteiger partial charge >= 0.3 is 0 Å². The highest BCUT2D eigenvalue weighted by molar-refractivity contribution is 5.06. The van der Waals surface area contributed by atoms with E-state index in [1.54, 1.807) is 0 Å². The first-order valence-corrected chi connectivity index (χ1v) is 5.86. The first-order valence-electron chi connectivity index (χ1n) is 5.86. The zero-order chi connectivity index (χ0) is 11.2. The van der Waals surface area contributed by atoms with Crippen molar-refractivity contribution in [2.45, 2.75) is 26.3 Å². The molecule has 3 nitrogen and oxygen atoms in total. The third-order valence-electron chi connectivity index (χ3n) is 2.78. The summed E-state index contributed by atoms with van der Waals surface area (Å²) in [5, 5.41) is 3.39. The van der Waals surface area contributed by atoms with Gasteiger partial charge in [-0.2, -0.15) is 0 Å². The van der Waals surface area contributed by atoms with Crippen LogP contribution in [0.2, 0.25) is 0 Å². The minimum Gasteiger partial charge on any atom is -0.465 e. The Labute approximate surface area is 96.5 Å². The van der Waals surface area contributed by atoms with E-state index in [4.69, 9.17) is 9.15 Å². The van der Waals surface area contributed by atoms with Gasteiger partial charge in [-0.25, -0.2) is 0 Å². The van der Waals surface area contributed by atoms with Crippen molar-refractivity contribution in [2.75, 3.05) is 19.8 Å². The fourth-order valence-corrected chi connectivity index (χ4v) is 1.83. The van der Waals surface area contributed by atoms with Crippen LogP contribution in [-0.4, -0.2) is 19.8 Å². The number of nitrogens with one attached hydrogen (secondary N) is 1. The first kappa shape index (κ1) is 11.4. The predicted octanol–water partition coefficient (Wildman–Crippen LogP) is 2.41. The third-order valence-corrected chi connectivity index (χ3v) is 2.78. The van der Waals surface area contributed by atoms with Gasteiger partial charge < -0.3 is 14.5 Å². The SMILES string of the molecule is Cc1ccc(CNCCC2=CCOCC2)o1. The molecule has 1 aromatic rings. The van der Waals surface area contributed by atoms with E-state index in [2.05, 4.69) is 11.4 Å². The van der Waals surface area contributed by atoms with E-state index >= 15 is 0 Å². The predicted molar refractivity (Wildman–Crippen MR) is 63.3 cm³/mol. The first-order chi connectivity index (χ1) is 7.84. The van der Waals surface area contributed by atoms with Gasteiger partial charge in [0.25, 0.3) is 0 Å². The van der Waals surface area contributed by atoms with Gasteiger partial charge in [-0.05, 0) is 38.4 Å². The van der Waals surface area contributed by atoms with Crippen LogP contribution in [0.3, 0.4) is 0 Å². The molecule has 1 aliphatic rings. The molecular formula is C13H19NO2. The van der Waals surface area contributed by atoms with Crippen molar-refractivity contribution in [3.8, 4) is 0 Å². The number of ether oxygens (including phenoxy) is 1. The van der Waals surface area contributed by atoms with Crippen LogP contribution < -0.4 is 5.32 Å². The number of hydrogen-bond acceptors (Lipinski definition) is 3. The van der Waals surface area contributed by atoms with Crippen LogP contribution in [0.4, 0.5) is 0 Å². The van der Waals surface area contributed by atoms with Crippen LogP contribution in [0.5, 0.6) is 0 Å². The maximum absolute atomic E-state index is 5.48. The molecule has 1 N–H and O–H groups in total. The van der Waals surface area contributed by atoms with Crippen molar-refractivity contribution in [3.05, 3.63) is 35.3 Å². The number of rotatable bonds is 5. The van der Waals surface area contributed by atoms with Crippen molar-refractivity contribution in [3.63, 3.8) is 0 Å². The van der Waals surface area contributed by atoms with Crippen molar-refractivity contribution < 1.29 is 9.15 Å². The molecule has 1 aliphatic heterocycles. The Hall–Kier alpha value is -1.06. The van der Waals surface area contributed by atoms with Gasteiger partial charge in [0.1, 0.15) is 11.5 Å². The second kappa shape index (κ2) is 5.87. The van der Waals surface area contributed by atoms with Gasteiger partial charge in [-0.3, -0.25) is 0 Å². The molecule has 0 aliphatic carbocycles. The van der Waals surface area contributed by atoms with Crippen LogP contribution in [0.1, 0.15) is 24.4 Å². The standard InChI is InChI=1S/C13H19NO2/c1-11-2-3-13(16-11)10-14-7-4-12-5-8-15-9-6-12/h2-3,5,14H,4,6-10H2,1H3. The monoisotopic (exact) mass is 221 g/mol. The van der Waals surface area contributed by atoms with Crippen LogP contribution in [-0.2, 0) is 11.3 Å². The molecule has 2 heterocycles. The van der Waals surface area contributed by atoms with Gasteiger partial charge in [0.05, 0.1) is 19.8 Å². The molecule has 0 fully saturated rings. The molecular weight excluding hydrogens is 202 g/mol. The summed E-state index contributed by atoms with van der Waals surface area (Å²) in [6, 6.07) is 4.02. The second-order valence-electron chi connectivity index (χ2n) is 4.13. The summed E-state index contributed by atoms with van der Waals surface area (Å²) in [7, 11) is 0. The summed E-state index contributed by atoms with van der Waals surface area (Å²) in [6.45, 7) is 5.45. The lowest BCUT2D eigenvalue weighted by Crippen LogP contribution is -2.16. The molecule has 0 amide bonds. The van der Waals surface area contributed by atoms with E-state index in [1.807, 2.05) is 19.1 Å². The van der Waals surface area contributed by atoms with E-state index in [0.717, 1.165) is 50.7 Å². The molecule has 0 aromatic carbocycles. The molecule has 0 unspecified atom stereocenters.